The molecule has 2 aromatic heterocycles. The van der Waals surface area contributed by atoms with E-state index in [4.69, 9.17) is 9.84 Å². The van der Waals surface area contributed by atoms with Crippen LogP contribution < -0.4 is 4.74 Å². The lowest BCUT2D eigenvalue weighted by atomic mass is 10.1. The van der Waals surface area contributed by atoms with Crippen LogP contribution in [0.15, 0.2) is 46.5 Å². The molecule has 2 heterocycles. The number of hydrogen-bond donors (Lipinski definition) is 1. The van der Waals surface area contributed by atoms with Gasteiger partial charge in [-0.3, -0.25) is 4.98 Å². The van der Waals surface area contributed by atoms with E-state index in [-0.39, 0.29) is 5.56 Å². The first kappa shape index (κ1) is 16.6. The lowest BCUT2D eigenvalue weighted by Crippen LogP contribution is -2.02. The molecule has 0 aliphatic heterocycles. The lowest BCUT2D eigenvalue weighted by Gasteiger charge is -2.08. The van der Waals surface area contributed by atoms with Gasteiger partial charge in [-0.2, -0.15) is 0 Å². The number of aromatic carboxylic acids is 1. The predicted octanol–water partition coefficient (Wildman–Crippen LogP) is 4.27. The molecular weight excluding hydrogens is 392 g/mol. The zero-order chi connectivity index (χ0) is 17.1. The molecule has 7 heteroatoms. The van der Waals surface area contributed by atoms with E-state index in [1.54, 1.807) is 41.9 Å². The summed E-state index contributed by atoms with van der Waals surface area (Å²) >= 11 is 5.03. The zero-order valence-corrected chi connectivity index (χ0v) is 15.1. The first-order valence-corrected chi connectivity index (χ1v) is 8.69. The molecule has 1 N–H and O–H groups in total. The summed E-state index contributed by atoms with van der Waals surface area (Å²) in [4.78, 5) is 21.1. The van der Waals surface area contributed by atoms with Crippen LogP contribution in [-0.4, -0.2) is 28.2 Å². The van der Waals surface area contributed by atoms with Crippen molar-refractivity contribution < 1.29 is 14.6 Å². The number of carbonyl (C=O) groups is 1. The van der Waals surface area contributed by atoms with Gasteiger partial charge in [0.1, 0.15) is 11.3 Å². The minimum absolute atomic E-state index is 0.143. The molecule has 0 saturated carbocycles. The van der Waals surface area contributed by atoms with Crippen LogP contribution in [0.5, 0.6) is 5.75 Å². The second-order valence-corrected chi connectivity index (χ2v) is 6.87. The minimum atomic E-state index is -1.01. The van der Waals surface area contributed by atoms with E-state index in [0.29, 0.717) is 12.2 Å². The van der Waals surface area contributed by atoms with Crippen LogP contribution in [0.4, 0.5) is 0 Å². The molecule has 0 fully saturated rings. The number of methoxy groups -OCH3 is 1. The number of halogens is 1. The van der Waals surface area contributed by atoms with Gasteiger partial charge in [-0.15, -0.1) is 11.3 Å². The summed E-state index contributed by atoms with van der Waals surface area (Å²) in [7, 11) is 1.46. The van der Waals surface area contributed by atoms with Crippen molar-refractivity contribution in [1.82, 2.24) is 9.97 Å². The number of carboxylic acids is 1. The fourth-order valence-corrected chi connectivity index (χ4v) is 3.67. The quantitative estimate of drug-likeness (QED) is 0.687. The van der Waals surface area contributed by atoms with Crippen LogP contribution >= 0.6 is 27.3 Å². The maximum atomic E-state index is 11.1. The van der Waals surface area contributed by atoms with E-state index in [0.717, 1.165) is 26.3 Å². The number of hydrogen-bond acceptors (Lipinski definition) is 5. The first-order chi connectivity index (χ1) is 11.6. The summed E-state index contributed by atoms with van der Waals surface area (Å²) in [5.41, 5.74) is 2.68. The third kappa shape index (κ3) is 3.63. The maximum absolute atomic E-state index is 11.1. The molecule has 0 spiro atoms. The molecule has 122 valence electrons. The average molecular weight is 405 g/mol. The van der Waals surface area contributed by atoms with Crippen molar-refractivity contribution in [3.05, 3.63) is 63.3 Å². The highest BCUT2D eigenvalue weighted by atomic mass is 79.9. The molecule has 3 rings (SSSR count). The summed E-state index contributed by atoms with van der Waals surface area (Å²) in [6.45, 7) is 0. The molecule has 0 radical (unpaired) electrons. The van der Waals surface area contributed by atoms with Crippen LogP contribution in [-0.2, 0) is 6.42 Å². The lowest BCUT2D eigenvalue weighted by molar-refractivity contribution is 0.0693. The van der Waals surface area contributed by atoms with Gasteiger partial charge >= 0.3 is 5.97 Å². The van der Waals surface area contributed by atoms with Crippen molar-refractivity contribution in [3.8, 4) is 16.3 Å². The fraction of sp³-hybridized carbons (Fsp3) is 0.118. The highest BCUT2D eigenvalue weighted by molar-refractivity contribution is 9.10. The Morgan fingerprint density at radius 1 is 1.33 bits per heavy atom. The van der Waals surface area contributed by atoms with Gasteiger partial charge in [0.05, 0.1) is 29.6 Å². The highest BCUT2D eigenvalue weighted by Gasteiger charge is 2.12. The van der Waals surface area contributed by atoms with E-state index < -0.39 is 5.97 Å². The molecule has 0 aliphatic rings. The average Bonchev–Trinajstić information content (AvgIpc) is 3.01. The Hall–Kier alpha value is -2.25. The molecule has 0 unspecified atom stereocenters. The Labute approximate surface area is 151 Å². The molecule has 1 aromatic carbocycles. The standard InChI is InChI=1S/C17H13BrN2O3S/c1-23-15-5-10(2-3-13(15)17(21)22)4-12-7-19-8-14(20-12)16-6-11(18)9-24-16/h2-3,5-9H,4H2,1H3,(H,21,22). The first-order valence-electron chi connectivity index (χ1n) is 7.02. The van der Waals surface area contributed by atoms with E-state index >= 15 is 0 Å². The summed E-state index contributed by atoms with van der Waals surface area (Å²) in [6, 6.07) is 7.04. The van der Waals surface area contributed by atoms with Crippen LogP contribution in [0.25, 0.3) is 10.6 Å². The van der Waals surface area contributed by atoms with Gasteiger partial charge < -0.3 is 9.84 Å². The molecule has 0 aliphatic carbocycles. The second-order valence-electron chi connectivity index (χ2n) is 5.04. The van der Waals surface area contributed by atoms with Crippen molar-refractivity contribution in [3.63, 3.8) is 0 Å². The summed E-state index contributed by atoms with van der Waals surface area (Å²) < 4.78 is 6.18. The Morgan fingerprint density at radius 2 is 2.17 bits per heavy atom. The number of ether oxygens (including phenoxy) is 1. The van der Waals surface area contributed by atoms with Gasteiger partial charge in [-0.25, -0.2) is 9.78 Å². The molecule has 24 heavy (non-hydrogen) atoms. The third-order valence-corrected chi connectivity index (χ3v) is 5.10. The second kappa shape index (κ2) is 7.11. The van der Waals surface area contributed by atoms with Gasteiger partial charge in [0.15, 0.2) is 0 Å². The maximum Gasteiger partial charge on any atom is 0.339 e. The SMILES string of the molecule is COc1cc(Cc2cncc(-c3cc(Br)cs3)n2)ccc1C(=O)O. The monoisotopic (exact) mass is 404 g/mol. The Bertz CT molecular complexity index is 895. The topological polar surface area (TPSA) is 72.3 Å². The van der Waals surface area contributed by atoms with Gasteiger partial charge in [0.25, 0.3) is 0 Å². The van der Waals surface area contributed by atoms with Crippen molar-refractivity contribution in [2.24, 2.45) is 0 Å². The Kier molecular flexibility index (Phi) is 4.92. The Morgan fingerprint density at radius 3 is 2.83 bits per heavy atom. The van der Waals surface area contributed by atoms with Gasteiger partial charge in [-0.05, 0) is 39.7 Å². The fourth-order valence-electron chi connectivity index (χ4n) is 2.29. The van der Waals surface area contributed by atoms with Crippen molar-refractivity contribution >= 4 is 33.2 Å². The number of carboxylic acid groups (broad SMARTS) is 1. The number of benzene rings is 1. The van der Waals surface area contributed by atoms with Crippen LogP contribution in [0.3, 0.4) is 0 Å². The van der Waals surface area contributed by atoms with Crippen LogP contribution in [0.1, 0.15) is 21.6 Å². The van der Waals surface area contributed by atoms with Crippen molar-refractivity contribution in [1.29, 1.82) is 0 Å². The Balaban J connectivity index is 1.87. The predicted molar refractivity (Wildman–Crippen MR) is 95.8 cm³/mol. The van der Waals surface area contributed by atoms with E-state index in [2.05, 4.69) is 25.9 Å². The van der Waals surface area contributed by atoms with E-state index in [1.807, 2.05) is 11.4 Å². The molecule has 0 atom stereocenters. The van der Waals surface area contributed by atoms with Crippen LogP contribution in [0, 0.1) is 0 Å². The highest BCUT2D eigenvalue weighted by Crippen LogP contribution is 2.28. The van der Waals surface area contributed by atoms with E-state index in [1.165, 1.54) is 7.11 Å². The minimum Gasteiger partial charge on any atom is -0.496 e. The molecular formula is C17H13BrN2O3S. The smallest absolute Gasteiger partial charge is 0.339 e. The number of thiophene rings is 1. The summed E-state index contributed by atoms with van der Waals surface area (Å²) in [5.74, 6) is -0.672. The molecule has 0 saturated heterocycles. The van der Waals surface area contributed by atoms with Gasteiger partial charge in [0.2, 0.25) is 0 Å². The molecule has 0 amide bonds. The number of nitrogens with zero attached hydrogens (tertiary/aromatic N) is 2. The van der Waals surface area contributed by atoms with Crippen molar-refractivity contribution in [2.45, 2.75) is 6.42 Å². The summed E-state index contributed by atoms with van der Waals surface area (Å²) in [5, 5.41) is 11.1. The zero-order valence-electron chi connectivity index (χ0n) is 12.7. The largest absolute Gasteiger partial charge is 0.496 e. The third-order valence-electron chi connectivity index (χ3n) is 3.39. The molecule has 0 bridgehead atoms. The van der Waals surface area contributed by atoms with Crippen LogP contribution in [0.2, 0.25) is 0 Å². The van der Waals surface area contributed by atoms with E-state index in [9.17, 15) is 4.79 Å². The van der Waals surface area contributed by atoms with Crippen molar-refractivity contribution in [2.75, 3.05) is 7.11 Å². The normalized spacial score (nSPS) is 10.6. The number of rotatable bonds is 5. The molecule has 3 aromatic rings. The van der Waals surface area contributed by atoms with Gasteiger partial charge in [0, 0.05) is 22.5 Å². The summed E-state index contributed by atoms with van der Waals surface area (Å²) in [6.07, 6.45) is 3.99. The molecule has 5 nitrogen and oxygen atoms in total. The van der Waals surface area contributed by atoms with Gasteiger partial charge in [-0.1, -0.05) is 6.07 Å². The number of aromatic nitrogens is 2.